The largest absolute Gasteiger partial charge is 0.357 e. The number of thiocarbonyl (C=S) groups is 2. The van der Waals surface area contributed by atoms with Crippen LogP contribution in [0.3, 0.4) is 0 Å². The summed E-state index contributed by atoms with van der Waals surface area (Å²) in [4.78, 5) is 4.91. The van der Waals surface area contributed by atoms with Gasteiger partial charge in [0.25, 0.3) is 0 Å². The molecule has 0 unspecified atom stereocenters. The summed E-state index contributed by atoms with van der Waals surface area (Å²) in [6.07, 6.45) is 16.4. The van der Waals surface area contributed by atoms with Crippen LogP contribution in [0.1, 0.15) is 111 Å². The van der Waals surface area contributed by atoms with Crippen molar-refractivity contribution in [1.29, 1.82) is 0 Å². The predicted octanol–water partition coefficient (Wildman–Crippen LogP) is 9.78. The minimum absolute atomic E-state index is 0.226. The summed E-state index contributed by atoms with van der Waals surface area (Å²) in [7, 11) is 7.79. The monoisotopic (exact) mass is 554 g/mol. The number of rotatable bonds is 16. The quantitative estimate of drug-likeness (QED) is 0.104. The maximum absolute atomic E-state index is 5.91. The lowest BCUT2D eigenvalue weighted by Gasteiger charge is -2.36. The van der Waals surface area contributed by atoms with Crippen molar-refractivity contribution in [1.82, 2.24) is 9.80 Å². The molecule has 188 valence electrons. The normalized spacial score (nSPS) is 15.5. The second-order valence-corrected chi connectivity index (χ2v) is 15.3. The van der Waals surface area contributed by atoms with Crippen LogP contribution < -0.4 is 0 Å². The van der Waals surface area contributed by atoms with Crippen LogP contribution in [0.2, 0.25) is 0 Å². The molecule has 1 aliphatic rings. The zero-order valence-electron chi connectivity index (χ0n) is 20.9. The Morgan fingerprint density at radius 2 is 0.969 bits per heavy atom. The summed E-state index contributed by atoms with van der Waals surface area (Å²) in [5.41, 5.74) is 0. The van der Waals surface area contributed by atoms with Crippen molar-refractivity contribution in [2.24, 2.45) is 0 Å². The molecule has 0 radical (unpaired) electrons. The number of nitrogens with zero attached hydrogens (tertiary/aromatic N) is 2. The van der Waals surface area contributed by atoms with Crippen LogP contribution in [-0.2, 0) is 0 Å². The summed E-state index contributed by atoms with van der Waals surface area (Å²) in [6, 6.07) is 0. The van der Waals surface area contributed by atoms with Gasteiger partial charge in [0.1, 0.15) is 8.64 Å². The standard InChI is InChI=1S/C24H46N2S6/c1-5-9-18-25(19-10-6-2)22(27)29-31-24(16-14-13-15-17-24)32-30-23(28)26(20-11-7-3)21-12-8-4/h5-21H2,1-4H3. The Hall–Kier alpha value is 1.18. The zero-order valence-corrected chi connectivity index (χ0v) is 25.8. The lowest BCUT2D eigenvalue weighted by molar-refractivity contribution is 0.411. The van der Waals surface area contributed by atoms with Gasteiger partial charge in [-0.3, -0.25) is 0 Å². The van der Waals surface area contributed by atoms with Gasteiger partial charge < -0.3 is 9.80 Å². The molecule has 1 aliphatic carbocycles. The van der Waals surface area contributed by atoms with Crippen LogP contribution >= 0.6 is 67.6 Å². The Labute approximate surface area is 226 Å². The van der Waals surface area contributed by atoms with E-state index in [1.807, 2.05) is 43.2 Å². The molecule has 0 spiro atoms. The topological polar surface area (TPSA) is 6.48 Å². The fraction of sp³-hybridized carbons (Fsp3) is 0.917. The SMILES string of the molecule is CCCCN(CCCC)C(=S)SSC1(SSC(=S)N(CCCC)CCCC)CCCCC1. The van der Waals surface area contributed by atoms with Crippen LogP contribution in [-0.4, -0.2) is 48.7 Å². The first kappa shape index (κ1) is 31.2. The molecule has 0 atom stereocenters. The highest BCUT2D eigenvalue weighted by atomic mass is 33.1. The van der Waals surface area contributed by atoms with Gasteiger partial charge in [0, 0.05) is 26.2 Å². The molecule has 32 heavy (non-hydrogen) atoms. The van der Waals surface area contributed by atoms with Crippen molar-refractivity contribution in [2.75, 3.05) is 26.2 Å². The van der Waals surface area contributed by atoms with Gasteiger partial charge in [-0.25, -0.2) is 0 Å². The van der Waals surface area contributed by atoms with Crippen molar-refractivity contribution in [3.05, 3.63) is 0 Å². The van der Waals surface area contributed by atoms with Gasteiger partial charge in [-0.1, -0.05) is 119 Å². The van der Waals surface area contributed by atoms with Gasteiger partial charge in [0.05, 0.1) is 4.08 Å². The Morgan fingerprint density at radius 3 is 1.28 bits per heavy atom. The van der Waals surface area contributed by atoms with Crippen molar-refractivity contribution in [3.8, 4) is 0 Å². The first-order chi connectivity index (χ1) is 15.5. The molecule has 8 heteroatoms. The highest BCUT2D eigenvalue weighted by Crippen LogP contribution is 2.57. The molecule has 2 nitrogen and oxygen atoms in total. The Bertz CT molecular complexity index is 457. The average molecular weight is 555 g/mol. The molecule has 0 saturated heterocycles. The lowest BCUT2D eigenvalue weighted by Crippen LogP contribution is -2.31. The van der Waals surface area contributed by atoms with E-state index in [2.05, 4.69) is 37.5 Å². The van der Waals surface area contributed by atoms with E-state index >= 15 is 0 Å². The summed E-state index contributed by atoms with van der Waals surface area (Å²) >= 11 is 11.8. The van der Waals surface area contributed by atoms with Crippen molar-refractivity contribution >= 4 is 76.3 Å². The summed E-state index contributed by atoms with van der Waals surface area (Å²) in [6.45, 7) is 13.5. The predicted molar refractivity (Wildman–Crippen MR) is 164 cm³/mol. The van der Waals surface area contributed by atoms with E-state index < -0.39 is 0 Å². The summed E-state index contributed by atoms with van der Waals surface area (Å²) in [5, 5.41) is 0. The van der Waals surface area contributed by atoms with Crippen molar-refractivity contribution < 1.29 is 0 Å². The van der Waals surface area contributed by atoms with Crippen LogP contribution in [0, 0.1) is 0 Å². The van der Waals surface area contributed by atoms with Crippen molar-refractivity contribution in [3.63, 3.8) is 0 Å². The molecule has 0 bridgehead atoms. The third kappa shape index (κ3) is 12.8. The molecule has 0 aromatic rings. The van der Waals surface area contributed by atoms with Gasteiger partial charge in [0.15, 0.2) is 0 Å². The first-order valence-corrected chi connectivity index (χ1v) is 17.9. The third-order valence-electron chi connectivity index (χ3n) is 5.79. The van der Waals surface area contributed by atoms with Gasteiger partial charge in [-0.15, -0.1) is 0 Å². The van der Waals surface area contributed by atoms with Gasteiger partial charge in [0.2, 0.25) is 0 Å². The van der Waals surface area contributed by atoms with E-state index in [4.69, 9.17) is 24.4 Å². The highest BCUT2D eigenvalue weighted by Gasteiger charge is 2.36. The Balaban J connectivity index is 2.70. The molecular formula is C24H46N2S6. The van der Waals surface area contributed by atoms with Crippen LogP contribution in [0.5, 0.6) is 0 Å². The summed E-state index contributed by atoms with van der Waals surface area (Å²) < 4.78 is 2.40. The van der Waals surface area contributed by atoms with E-state index in [0.29, 0.717) is 0 Å². The molecule has 1 fully saturated rings. The smallest absolute Gasteiger partial charge is 0.147 e. The fourth-order valence-electron chi connectivity index (χ4n) is 3.58. The lowest BCUT2D eigenvalue weighted by atomic mass is 10.00. The molecule has 0 amide bonds. The van der Waals surface area contributed by atoms with Crippen LogP contribution in [0.25, 0.3) is 0 Å². The number of hydrogen-bond donors (Lipinski definition) is 0. The van der Waals surface area contributed by atoms with Crippen molar-refractivity contribution in [2.45, 2.75) is 115 Å². The fourth-order valence-corrected chi connectivity index (χ4v) is 11.2. The highest BCUT2D eigenvalue weighted by molar-refractivity contribution is 8.91. The maximum Gasteiger partial charge on any atom is 0.147 e. The Kier molecular flexibility index (Phi) is 18.9. The van der Waals surface area contributed by atoms with E-state index in [1.165, 1.54) is 83.5 Å². The van der Waals surface area contributed by atoms with Gasteiger partial charge in [-0.2, -0.15) is 0 Å². The van der Waals surface area contributed by atoms with E-state index in [9.17, 15) is 0 Å². The average Bonchev–Trinajstić information content (AvgIpc) is 2.82. The van der Waals surface area contributed by atoms with E-state index in [0.717, 1.165) is 34.8 Å². The minimum Gasteiger partial charge on any atom is -0.357 e. The first-order valence-electron chi connectivity index (χ1n) is 12.8. The molecule has 0 aliphatic heterocycles. The second-order valence-electron chi connectivity index (χ2n) is 8.72. The van der Waals surface area contributed by atoms with E-state index in [1.54, 1.807) is 0 Å². The van der Waals surface area contributed by atoms with Gasteiger partial charge >= 0.3 is 0 Å². The Morgan fingerprint density at radius 1 is 0.625 bits per heavy atom. The van der Waals surface area contributed by atoms with E-state index in [-0.39, 0.29) is 4.08 Å². The van der Waals surface area contributed by atoms with Crippen LogP contribution in [0.15, 0.2) is 0 Å². The van der Waals surface area contributed by atoms with Gasteiger partial charge in [-0.05, 0) is 60.1 Å². The number of hydrogen-bond acceptors (Lipinski definition) is 6. The molecule has 0 aromatic carbocycles. The molecular weight excluding hydrogens is 509 g/mol. The molecule has 0 N–H and O–H groups in total. The molecule has 0 heterocycles. The number of unbranched alkanes of at least 4 members (excludes halogenated alkanes) is 4. The minimum atomic E-state index is 0.226. The molecule has 1 rings (SSSR count). The maximum atomic E-state index is 5.91. The van der Waals surface area contributed by atoms with Crippen LogP contribution in [0.4, 0.5) is 0 Å². The molecule has 0 aromatic heterocycles. The third-order valence-corrected chi connectivity index (χ3v) is 14.3. The second kappa shape index (κ2) is 19.4. The summed E-state index contributed by atoms with van der Waals surface area (Å²) in [5.74, 6) is 0. The molecule has 1 saturated carbocycles. The zero-order chi connectivity index (χ0) is 23.7.